The molecule has 0 fully saturated rings. The number of hydrogen-bond donors (Lipinski definition) is 0. The van der Waals surface area contributed by atoms with E-state index in [1.807, 2.05) is 0 Å². The second kappa shape index (κ2) is 6.81. The first kappa shape index (κ1) is 18.0. The average Bonchev–Trinajstić information content (AvgIpc) is 2.94. The summed E-state index contributed by atoms with van der Waals surface area (Å²) in [5.41, 5.74) is 0.804. The van der Waals surface area contributed by atoms with Crippen molar-refractivity contribution in [3.05, 3.63) is 52.1 Å². The van der Waals surface area contributed by atoms with Gasteiger partial charge in [-0.1, -0.05) is 0 Å². The van der Waals surface area contributed by atoms with Crippen LogP contribution < -0.4 is 0 Å². The minimum absolute atomic E-state index is 0.00537. The lowest BCUT2D eigenvalue weighted by Crippen LogP contribution is -2.37. The van der Waals surface area contributed by atoms with Gasteiger partial charge in [0.15, 0.2) is 23.1 Å². The number of fused-ring (bicyclic) bond motifs is 1. The Kier molecular flexibility index (Phi) is 4.71. The van der Waals surface area contributed by atoms with Crippen LogP contribution in [0.4, 0.5) is 13.2 Å². The molecule has 1 aromatic carbocycles. The summed E-state index contributed by atoms with van der Waals surface area (Å²) in [6.07, 6.45) is 0.347. The molecule has 0 atom stereocenters. The highest BCUT2D eigenvalue weighted by Gasteiger charge is 2.31. The summed E-state index contributed by atoms with van der Waals surface area (Å²) in [5, 5.41) is 4.26. The van der Waals surface area contributed by atoms with E-state index in [1.165, 1.54) is 9.58 Å². The number of ether oxygens (including phenoxy) is 1. The Morgan fingerprint density at radius 2 is 1.96 bits per heavy atom. The third kappa shape index (κ3) is 2.93. The van der Waals surface area contributed by atoms with E-state index in [-0.39, 0.29) is 25.4 Å². The van der Waals surface area contributed by atoms with Crippen molar-refractivity contribution in [1.82, 2.24) is 14.7 Å². The summed E-state index contributed by atoms with van der Waals surface area (Å²) in [6, 6.07) is 1.61. The van der Waals surface area contributed by atoms with E-state index < -0.39 is 34.9 Å². The number of aromatic nitrogens is 2. The fourth-order valence-corrected chi connectivity index (χ4v) is 2.99. The Morgan fingerprint density at radius 1 is 1.23 bits per heavy atom. The highest BCUT2D eigenvalue weighted by Crippen LogP contribution is 2.25. The molecule has 0 aliphatic carbocycles. The molecule has 3 rings (SSSR count). The van der Waals surface area contributed by atoms with Gasteiger partial charge in [0, 0.05) is 25.6 Å². The van der Waals surface area contributed by atoms with Crippen molar-refractivity contribution in [3.63, 3.8) is 0 Å². The zero-order valence-electron chi connectivity index (χ0n) is 14.2. The lowest BCUT2D eigenvalue weighted by molar-refractivity contribution is 0.0507. The van der Waals surface area contributed by atoms with Gasteiger partial charge in [0.25, 0.3) is 5.91 Å². The fraction of sp³-hybridized carbons (Fsp3) is 0.353. The maximum Gasteiger partial charge on any atom is 0.356 e. The topological polar surface area (TPSA) is 64.4 Å². The predicted molar refractivity (Wildman–Crippen MR) is 83.9 cm³/mol. The van der Waals surface area contributed by atoms with E-state index >= 15 is 0 Å². The number of nitrogens with zero attached hydrogens (tertiary/aromatic N) is 3. The van der Waals surface area contributed by atoms with Crippen LogP contribution in [0.15, 0.2) is 12.1 Å². The van der Waals surface area contributed by atoms with E-state index in [2.05, 4.69) is 5.10 Å². The quantitative estimate of drug-likeness (QED) is 0.616. The Hall–Kier alpha value is -2.84. The van der Waals surface area contributed by atoms with Crippen LogP contribution in [-0.2, 0) is 24.8 Å². The third-order valence-corrected chi connectivity index (χ3v) is 4.22. The first-order valence-electron chi connectivity index (χ1n) is 7.99. The number of halogens is 3. The molecule has 26 heavy (non-hydrogen) atoms. The molecule has 1 aromatic heterocycles. The molecule has 1 aliphatic rings. The number of aryl methyl sites for hydroxylation is 1. The number of carbonyl (C=O) groups excluding carboxylic acids is 2. The van der Waals surface area contributed by atoms with Crippen molar-refractivity contribution in [2.45, 2.75) is 19.9 Å². The van der Waals surface area contributed by atoms with E-state index in [1.54, 1.807) is 14.0 Å². The number of rotatable bonds is 3. The molecule has 0 saturated carbocycles. The molecule has 138 valence electrons. The van der Waals surface area contributed by atoms with Crippen LogP contribution in [-0.4, -0.2) is 39.7 Å². The summed E-state index contributed by atoms with van der Waals surface area (Å²) in [7, 11) is 1.59. The van der Waals surface area contributed by atoms with Crippen LogP contribution in [0.3, 0.4) is 0 Å². The number of hydrogen-bond acceptors (Lipinski definition) is 4. The average molecular weight is 367 g/mol. The Labute approximate surface area is 147 Å². The molecule has 0 saturated heterocycles. The molecule has 0 bridgehead atoms. The van der Waals surface area contributed by atoms with Crippen LogP contribution in [0.5, 0.6) is 0 Å². The SMILES string of the molecule is CCOC(=O)c1c2c(nn1C)CCN(C(=O)c1ccc(F)c(F)c1F)C2. The molecule has 1 amide bonds. The molecule has 6 nitrogen and oxygen atoms in total. The van der Waals surface area contributed by atoms with Crippen molar-refractivity contribution in [2.24, 2.45) is 7.05 Å². The standard InChI is InChI=1S/C17H16F3N3O3/c1-3-26-17(25)15-10-8-23(7-6-12(10)21-22(15)2)16(24)9-4-5-11(18)14(20)13(9)19/h4-5H,3,6-8H2,1-2H3. The summed E-state index contributed by atoms with van der Waals surface area (Å²) in [5.74, 6) is -5.95. The zero-order chi connectivity index (χ0) is 19.0. The van der Waals surface area contributed by atoms with Gasteiger partial charge >= 0.3 is 5.97 Å². The molecular formula is C17H16F3N3O3. The van der Waals surface area contributed by atoms with Gasteiger partial charge in [0.05, 0.1) is 24.4 Å². The van der Waals surface area contributed by atoms with Gasteiger partial charge in [-0.15, -0.1) is 0 Å². The van der Waals surface area contributed by atoms with E-state index in [0.29, 0.717) is 23.7 Å². The zero-order valence-corrected chi connectivity index (χ0v) is 14.2. The lowest BCUT2D eigenvalue weighted by Gasteiger charge is -2.27. The van der Waals surface area contributed by atoms with Gasteiger partial charge in [0.1, 0.15) is 0 Å². The highest BCUT2D eigenvalue weighted by atomic mass is 19.2. The normalized spacial score (nSPS) is 13.5. The van der Waals surface area contributed by atoms with Crippen molar-refractivity contribution in [1.29, 1.82) is 0 Å². The Morgan fingerprint density at radius 3 is 2.65 bits per heavy atom. The van der Waals surface area contributed by atoms with Gasteiger partial charge in [-0.3, -0.25) is 9.48 Å². The Bertz CT molecular complexity index is 895. The molecular weight excluding hydrogens is 351 g/mol. The molecule has 9 heteroatoms. The maximum absolute atomic E-state index is 13.9. The van der Waals surface area contributed by atoms with Crippen molar-refractivity contribution in [3.8, 4) is 0 Å². The molecule has 2 heterocycles. The van der Waals surface area contributed by atoms with Crippen LogP contribution in [0, 0.1) is 17.5 Å². The van der Waals surface area contributed by atoms with E-state index in [0.717, 1.165) is 6.07 Å². The molecule has 2 aromatic rings. The lowest BCUT2D eigenvalue weighted by atomic mass is 10.0. The Balaban J connectivity index is 1.92. The molecule has 0 unspecified atom stereocenters. The van der Waals surface area contributed by atoms with Crippen LogP contribution in [0.2, 0.25) is 0 Å². The number of amides is 1. The second-order valence-corrected chi connectivity index (χ2v) is 5.82. The maximum atomic E-state index is 13.9. The largest absolute Gasteiger partial charge is 0.461 e. The second-order valence-electron chi connectivity index (χ2n) is 5.82. The first-order chi connectivity index (χ1) is 12.3. The van der Waals surface area contributed by atoms with Gasteiger partial charge in [-0.25, -0.2) is 18.0 Å². The number of carbonyl (C=O) groups is 2. The van der Waals surface area contributed by atoms with Gasteiger partial charge in [-0.2, -0.15) is 5.10 Å². The number of benzene rings is 1. The number of esters is 1. The summed E-state index contributed by atoms with van der Waals surface area (Å²) < 4.78 is 46.8. The summed E-state index contributed by atoms with van der Waals surface area (Å²) in [4.78, 5) is 26.0. The predicted octanol–water partition coefficient (Wildman–Crippen LogP) is 2.21. The van der Waals surface area contributed by atoms with Crippen molar-refractivity contribution < 1.29 is 27.5 Å². The molecule has 0 radical (unpaired) electrons. The van der Waals surface area contributed by atoms with Crippen molar-refractivity contribution >= 4 is 11.9 Å². The molecule has 0 spiro atoms. The third-order valence-electron chi connectivity index (χ3n) is 4.22. The van der Waals surface area contributed by atoms with E-state index in [9.17, 15) is 22.8 Å². The smallest absolute Gasteiger partial charge is 0.356 e. The molecule has 1 aliphatic heterocycles. The summed E-state index contributed by atoms with van der Waals surface area (Å²) in [6.45, 7) is 2.06. The van der Waals surface area contributed by atoms with Gasteiger partial charge in [0.2, 0.25) is 0 Å². The summed E-state index contributed by atoms with van der Waals surface area (Å²) >= 11 is 0. The van der Waals surface area contributed by atoms with Crippen LogP contribution >= 0.6 is 0 Å². The first-order valence-corrected chi connectivity index (χ1v) is 7.99. The van der Waals surface area contributed by atoms with E-state index in [4.69, 9.17) is 4.74 Å². The van der Waals surface area contributed by atoms with Gasteiger partial charge in [-0.05, 0) is 19.1 Å². The van der Waals surface area contributed by atoms with Crippen LogP contribution in [0.25, 0.3) is 0 Å². The highest BCUT2D eigenvalue weighted by molar-refractivity contribution is 5.95. The minimum Gasteiger partial charge on any atom is -0.461 e. The van der Waals surface area contributed by atoms with Crippen LogP contribution in [0.1, 0.15) is 39.0 Å². The van der Waals surface area contributed by atoms with Crippen molar-refractivity contribution in [2.75, 3.05) is 13.2 Å². The fourth-order valence-electron chi connectivity index (χ4n) is 2.99. The van der Waals surface area contributed by atoms with Gasteiger partial charge < -0.3 is 9.64 Å². The molecule has 0 N–H and O–H groups in total. The monoisotopic (exact) mass is 367 g/mol. The minimum atomic E-state index is -1.69.